The van der Waals surface area contributed by atoms with E-state index in [1.165, 1.54) is 6.92 Å². The molecule has 5 heteroatoms. The first-order valence-corrected chi connectivity index (χ1v) is 6.69. The van der Waals surface area contributed by atoms with Gasteiger partial charge in [0.2, 0.25) is 0 Å². The lowest BCUT2D eigenvalue weighted by molar-refractivity contribution is 0.0917. The Bertz CT molecular complexity index is 493. The van der Waals surface area contributed by atoms with Gasteiger partial charge in [-0.3, -0.25) is 9.59 Å². The third-order valence-electron chi connectivity index (χ3n) is 3.60. The minimum atomic E-state index is -0.103. The van der Waals surface area contributed by atoms with Crippen LogP contribution in [0, 0.1) is 0 Å². The number of Topliss-reactive ketones (excluding diaryl/α,β-unsaturated/α-hetero) is 1. The van der Waals surface area contributed by atoms with Gasteiger partial charge in [0.1, 0.15) is 5.69 Å². The molecule has 1 amide bonds. The molecule has 0 aliphatic carbocycles. The smallest absolute Gasteiger partial charge is 0.268 e. The molecule has 1 fully saturated rings. The largest absolute Gasteiger partial charge is 0.348 e. The van der Waals surface area contributed by atoms with E-state index in [0.29, 0.717) is 17.3 Å². The van der Waals surface area contributed by atoms with Crippen LogP contribution in [0.5, 0.6) is 0 Å². The first kappa shape index (κ1) is 13.8. The maximum absolute atomic E-state index is 12.2. The van der Waals surface area contributed by atoms with E-state index < -0.39 is 0 Å². The van der Waals surface area contributed by atoms with Crippen molar-refractivity contribution in [3.05, 3.63) is 23.5 Å². The highest BCUT2D eigenvalue weighted by Crippen LogP contribution is 2.12. The number of nitrogens with one attached hydrogen (secondary N) is 2. The number of aromatic nitrogens is 1. The summed E-state index contributed by atoms with van der Waals surface area (Å²) in [6, 6.07) is 2.29. The number of amides is 1. The Morgan fingerprint density at radius 2 is 2.21 bits per heavy atom. The molecule has 0 aromatic carbocycles. The molecule has 2 heterocycles. The number of hydrogen-bond donors (Lipinski definition) is 2. The summed E-state index contributed by atoms with van der Waals surface area (Å²) in [6.45, 7) is 4.55. The lowest BCUT2D eigenvalue weighted by atomic mass is 10.0. The van der Waals surface area contributed by atoms with Crippen LogP contribution in [-0.4, -0.2) is 34.9 Å². The standard InChI is InChI=1S/C14H21N3O2/c1-9-6-12(4-5-15-9)16-14(19)13-7-11(10(2)18)8-17(13)3/h7-9,12,15H,4-6H2,1-3H3,(H,16,19). The minimum Gasteiger partial charge on any atom is -0.348 e. The van der Waals surface area contributed by atoms with E-state index in [2.05, 4.69) is 17.6 Å². The second-order valence-electron chi connectivity index (χ2n) is 5.33. The van der Waals surface area contributed by atoms with Gasteiger partial charge < -0.3 is 15.2 Å². The second kappa shape index (κ2) is 5.57. The minimum absolute atomic E-state index is 0.0230. The van der Waals surface area contributed by atoms with Gasteiger partial charge in [-0.2, -0.15) is 0 Å². The number of carbonyl (C=O) groups is 2. The van der Waals surface area contributed by atoms with Crippen LogP contribution >= 0.6 is 0 Å². The van der Waals surface area contributed by atoms with Gasteiger partial charge in [0, 0.05) is 30.9 Å². The molecule has 5 nitrogen and oxygen atoms in total. The summed E-state index contributed by atoms with van der Waals surface area (Å²) in [6.07, 6.45) is 3.58. The van der Waals surface area contributed by atoms with E-state index in [9.17, 15) is 9.59 Å². The van der Waals surface area contributed by atoms with Crippen molar-refractivity contribution in [3.63, 3.8) is 0 Å². The zero-order valence-corrected chi connectivity index (χ0v) is 11.7. The third kappa shape index (κ3) is 3.23. The van der Waals surface area contributed by atoms with Crippen molar-refractivity contribution in [2.45, 2.75) is 38.8 Å². The van der Waals surface area contributed by atoms with Gasteiger partial charge in [-0.05, 0) is 39.3 Å². The number of ketones is 1. The molecule has 2 unspecified atom stereocenters. The van der Waals surface area contributed by atoms with Gasteiger partial charge >= 0.3 is 0 Å². The summed E-state index contributed by atoms with van der Waals surface area (Å²) in [4.78, 5) is 23.5. The number of piperidine rings is 1. The fraction of sp³-hybridized carbons (Fsp3) is 0.571. The lowest BCUT2D eigenvalue weighted by Gasteiger charge is -2.28. The van der Waals surface area contributed by atoms with E-state index in [0.717, 1.165) is 19.4 Å². The van der Waals surface area contributed by atoms with E-state index in [-0.39, 0.29) is 17.7 Å². The molecule has 104 valence electrons. The van der Waals surface area contributed by atoms with Crippen molar-refractivity contribution >= 4 is 11.7 Å². The SMILES string of the molecule is CC(=O)c1cc(C(=O)NC2CCNC(C)C2)n(C)c1. The molecule has 1 aliphatic heterocycles. The van der Waals surface area contributed by atoms with Crippen molar-refractivity contribution in [2.24, 2.45) is 7.05 Å². The molecule has 1 saturated heterocycles. The number of rotatable bonds is 3. The van der Waals surface area contributed by atoms with Crippen molar-refractivity contribution < 1.29 is 9.59 Å². The summed E-state index contributed by atoms with van der Waals surface area (Å²) >= 11 is 0. The Balaban J connectivity index is 2.05. The van der Waals surface area contributed by atoms with Gasteiger partial charge in [0.15, 0.2) is 5.78 Å². The molecule has 1 aliphatic rings. The summed E-state index contributed by atoms with van der Waals surface area (Å²) in [5.74, 6) is -0.126. The first-order valence-electron chi connectivity index (χ1n) is 6.69. The fourth-order valence-corrected chi connectivity index (χ4v) is 2.51. The van der Waals surface area contributed by atoms with E-state index in [4.69, 9.17) is 0 Å². The monoisotopic (exact) mass is 263 g/mol. The van der Waals surface area contributed by atoms with Crippen LogP contribution in [0.3, 0.4) is 0 Å². The number of hydrogen-bond acceptors (Lipinski definition) is 3. The average molecular weight is 263 g/mol. The normalized spacial score (nSPS) is 23.1. The highest BCUT2D eigenvalue weighted by Gasteiger charge is 2.22. The second-order valence-corrected chi connectivity index (χ2v) is 5.33. The Morgan fingerprint density at radius 3 is 2.79 bits per heavy atom. The summed E-state index contributed by atoms with van der Waals surface area (Å²) in [5.41, 5.74) is 1.11. The van der Waals surface area contributed by atoms with E-state index in [1.807, 2.05) is 0 Å². The molecule has 0 spiro atoms. The van der Waals surface area contributed by atoms with Gasteiger partial charge in [-0.15, -0.1) is 0 Å². The Hall–Kier alpha value is -1.62. The van der Waals surface area contributed by atoms with Gasteiger partial charge in [0.05, 0.1) is 0 Å². The van der Waals surface area contributed by atoms with Crippen LogP contribution < -0.4 is 10.6 Å². The van der Waals surface area contributed by atoms with Gasteiger partial charge in [0.25, 0.3) is 5.91 Å². The fourth-order valence-electron chi connectivity index (χ4n) is 2.51. The van der Waals surface area contributed by atoms with Crippen LogP contribution in [0.15, 0.2) is 12.3 Å². The zero-order valence-electron chi connectivity index (χ0n) is 11.7. The highest BCUT2D eigenvalue weighted by atomic mass is 16.2. The highest BCUT2D eigenvalue weighted by molar-refractivity contribution is 5.99. The Labute approximate surface area is 113 Å². The molecule has 2 rings (SSSR count). The maximum Gasteiger partial charge on any atom is 0.268 e. The summed E-state index contributed by atoms with van der Waals surface area (Å²) in [5, 5.41) is 6.40. The summed E-state index contributed by atoms with van der Waals surface area (Å²) < 4.78 is 1.70. The van der Waals surface area contributed by atoms with Crippen LogP contribution in [0.25, 0.3) is 0 Å². The van der Waals surface area contributed by atoms with Crippen molar-refractivity contribution in [2.75, 3.05) is 6.54 Å². The number of aryl methyl sites for hydroxylation is 1. The van der Waals surface area contributed by atoms with E-state index >= 15 is 0 Å². The van der Waals surface area contributed by atoms with Crippen LogP contribution in [0.2, 0.25) is 0 Å². The van der Waals surface area contributed by atoms with Gasteiger partial charge in [-0.1, -0.05) is 0 Å². The average Bonchev–Trinajstić information content (AvgIpc) is 2.71. The lowest BCUT2D eigenvalue weighted by Crippen LogP contribution is -2.46. The number of nitrogens with zero attached hydrogens (tertiary/aromatic N) is 1. The van der Waals surface area contributed by atoms with E-state index in [1.54, 1.807) is 23.9 Å². The zero-order chi connectivity index (χ0) is 14.0. The first-order chi connectivity index (χ1) is 8.97. The molecule has 19 heavy (non-hydrogen) atoms. The third-order valence-corrected chi connectivity index (χ3v) is 3.60. The Kier molecular flexibility index (Phi) is 4.04. The van der Waals surface area contributed by atoms with Gasteiger partial charge in [-0.25, -0.2) is 0 Å². The maximum atomic E-state index is 12.2. The quantitative estimate of drug-likeness (QED) is 0.803. The molecule has 2 atom stereocenters. The molecular formula is C14H21N3O2. The summed E-state index contributed by atoms with van der Waals surface area (Å²) in [7, 11) is 1.78. The predicted octanol–water partition coefficient (Wildman–Crippen LogP) is 1.10. The number of carbonyl (C=O) groups excluding carboxylic acids is 2. The molecule has 1 aromatic rings. The van der Waals surface area contributed by atoms with Crippen LogP contribution in [0.1, 0.15) is 47.5 Å². The van der Waals surface area contributed by atoms with Crippen LogP contribution in [-0.2, 0) is 7.05 Å². The van der Waals surface area contributed by atoms with Crippen molar-refractivity contribution in [1.29, 1.82) is 0 Å². The van der Waals surface area contributed by atoms with Crippen molar-refractivity contribution in [3.8, 4) is 0 Å². The van der Waals surface area contributed by atoms with Crippen molar-refractivity contribution in [1.82, 2.24) is 15.2 Å². The molecular weight excluding hydrogens is 242 g/mol. The Morgan fingerprint density at radius 1 is 1.47 bits per heavy atom. The molecule has 1 aromatic heterocycles. The molecule has 0 saturated carbocycles. The van der Waals surface area contributed by atoms with Crippen LogP contribution in [0.4, 0.5) is 0 Å². The molecule has 0 radical (unpaired) electrons. The molecule has 0 bridgehead atoms. The predicted molar refractivity (Wildman–Crippen MR) is 73.4 cm³/mol. The topological polar surface area (TPSA) is 63.1 Å². The molecule has 2 N–H and O–H groups in total.